The SMILES string of the molecule is CCc1cccc(-c2c(F)ccc3c2[C@](O)(CCCNC(=O)OC)[C@@]32CCCN(C(=O)[C@@H]3CC[C@H](N)C3)C2)c1. The lowest BCUT2D eigenvalue weighted by molar-refractivity contribution is -0.148. The Morgan fingerprint density at radius 3 is 2.79 bits per heavy atom. The molecule has 2 aromatic rings. The van der Waals surface area contributed by atoms with E-state index in [1.165, 1.54) is 13.2 Å². The number of piperidine rings is 1. The molecule has 210 valence electrons. The maximum Gasteiger partial charge on any atom is 0.406 e. The molecule has 5 rings (SSSR count). The lowest BCUT2D eigenvalue weighted by Gasteiger charge is -2.62. The number of halogens is 1. The number of methoxy groups -OCH3 is 1. The van der Waals surface area contributed by atoms with E-state index in [1.54, 1.807) is 6.07 Å². The predicted molar refractivity (Wildman–Crippen MR) is 148 cm³/mol. The van der Waals surface area contributed by atoms with Crippen LogP contribution in [0.1, 0.15) is 68.6 Å². The van der Waals surface area contributed by atoms with E-state index in [-0.39, 0.29) is 23.7 Å². The van der Waals surface area contributed by atoms with Crippen LogP contribution in [0.4, 0.5) is 9.18 Å². The maximum atomic E-state index is 15.6. The average molecular weight is 538 g/mol. The fourth-order valence-electron chi connectivity index (χ4n) is 7.31. The van der Waals surface area contributed by atoms with Crippen LogP contribution >= 0.6 is 0 Å². The van der Waals surface area contributed by atoms with Gasteiger partial charge in [-0.05, 0) is 79.7 Å². The Hall–Kier alpha value is -2.97. The van der Waals surface area contributed by atoms with Crippen molar-refractivity contribution in [3.63, 3.8) is 0 Å². The molecule has 2 fully saturated rings. The number of aryl methyl sites for hydroxylation is 1. The van der Waals surface area contributed by atoms with Gasteiger partial charge in [0.2, 0.25) is 5.91 Å². The van der Waals surface area contributed by atoms with Gasteiger partial charge in [0, 0.05) is 42.6 Å². The lowest BCUT2D eigenvalue weighted by atomic mass is 9.47. The summed E-state index contributed by atoms with van der Waals surface area (Å²) in [5.41, 5.74) is 7.86. The van der Waals surface area contributed by atoms with E-state index >= 15 is 4.39 Å². The van der Waals surface area contributed by atoms with Crippen molar-refractivity contribution in [2.75, 3.05) is 26.7 Å². The topological polar surface area (TPSA) is 105 Å². The highest BCUT2D eigenvalue weighted by Gasteiger charge is 2.64. The van der Waals surface area contributed by atoms with E-state index in [4.69, 9.17) is 5.73 Å². The van der Waals surface area contributed by atoms with Crippen LogP contribution in [-0.4, -0.2) is 54.8 Å². The molecule has 1 spiro atoms. The highest BCUT2D eigenvalue weighted by molar-refractivity contribution is 5.81. The number of fused-ring (bicyclic) bond motifs is 2. The van der Waals surface area contributed by atoms with Gasteiger partial charge in [0.05, 0.1) is 7.11 Å². The zero-order valence-electron chi connectivity index (χ0n) is 23.0. The van der Waals surface area contributed by atoms with E-state index in [2.05, 4.69) is 17.0 Å². The van der Waals surface area contributed by atoms with E-state index in [0.717, 1.165) is 42.4 Å². The van der Waals surface area contributed by atoms with Gasteiger partial charge in [-0.1, -0.05) is 37.3 Å². The molecule has 2 amide bonds. The minimum Gasteiger partial charge on any atom is -0.453 e. The second-order valence-electron chi connectivity index (χ2n) is 11.5. The molecule has 39 heavy (non-hydrogen) atoms. The van der Waals surface area contributed by atoms with Crippen LogP contribution in [0.5, 0.6) is 0 Å². The molecular formula is C31H40FN3O4. The van der Waals surface area contributed by atoms with E-state index < -0.39 is 17.1 Å². The molecule has 4 N–H and O–H groups in total. The maximum absolute atomic E-state index is 15.6. The van der Waals surface area contributed by atoms with Crippen molar-refractivity contribution < 1.29 is 23.8 Å². The number of amides is 2. The minimum atomic E-state index is -1.36. The van der Waals surface area contributed by atoms with Gasteiger partial charge in [0.15, 0.2) is 0 Å². The molecule has 1 saturated heterocycles. The minimum absolute atomic E-state index is 0.0609. The van der Waals surface area contributed by atoms with Crippen molar-refractivity contribution in [1.82, 2.24) is 10.2 Å². The molecule has 0 radical (unpaired) electrons. The summed E-state index contributed by atoms with van der Waals surface area (Å²) in [6.45, 7) is 3.42. The monoisotopic (exact) mass is 537 g/mol. The molecule has 0 bridgehead atoms. The van der Waals surface area contributed by atoms with Crippen LogP contribution in [-0.2, 0) is 27.0 Å². The highest BCUT2D eigenvalue weighted by Crippen LogP contribution is 2.63. The smallest absolute Gasteiger partial charge is 0.406 e. The Balaban J connectivity index is 1.54. The van der Waals surface area contributed by atoms with Crippen LogP contribution in [0.15, 0.2) is 36.4 Å². The number of alkyl carbamates (subject to hydrolysis) is 1. The van der Waals surface area contributed by atoms with Gasteiger partial charge in [-0.15, -0.1) is 0 Å². The summed E-state index contributed by atoms with van der Waals surface area (Å²) in [4.78, 5) is 27.1. The molecule has 7 nitrogen and oxygen atoms in total. The van der Waals surface area contributed by atoms with Gasteiger partial charge >= 0.3 is 6.09 Å². The summed E-state index contributed by atoms with van der Waals surface area (Å²) >= 11 is 0. The second kappa shape index (κ2) is 10.9. The number of carbonyl (C=O) groups excluding carboxylic acids is 2. The number of hydrogen-bond acceptors (Lipinski definition) is 5. The van der Waals surface area contributed by atoms with Crippen LogP contribution in [0.3, 0.4) is 0 Å². The highest BCUT2D eigenvalue weighted by atomic mass is 19.1. The Kier molecular flexibility index (Phi) is 7.71. The summed E-state index contributed by atoms with van der Waals surface area (Å²) in [5, 5.41) is 15.3. The van der Waals surface area contributed by atoms with E-state index in [1.807, 2.05) is 29.2 Å². The zero-order chi connectivity index (χ0) is 27.8. The standard InChI is InChI=1S/C31H40FN3O4/c1-3-20-7-4-8-21(17-20)26-25(32)12-11-24-27(26)31(38,14-5-15-34-29(37)39-2)30(24)13-6-16-35(19-30)28(36)22-9-10-23(33)18-22/h4,7-8,11-12,17,22-23,38H,3,5-6,9-10,13-16,18-19,33H2,1-2H3,(H,34,37)/t22-,23+,30-,31-/m1/s1. The zero-order valence-corrected chi connectivity index (χ0v) is 23.0. The molecule has 2 aromatic carbocycles. The summed E-state index contributed by atoms with van der Waals surface area (Å²) in [6.07, 6.45) is 4.90. The number of carbonyl (C=O) groups is 2. The molecule has 8 heteroatoms. The molecule has 0 aromatic heterocycles. The Labute approximate surface area is 229 Å². The third-order valence-electron chi connectivity index (χ3n) is 9.30. The van der Waals surface area contributed by atoms with Crippen LogP contribution in [0.2, 0.25) is 0 Å². The number of nitrogens with one attached hydrogen (secondary N) is 1. The summed E-state index contributed by atoms with van der Waals surface area (Å²) in [5.74, 6) is -0.331. The van der Waals surface area contributed by atoms with Crippen molar-refractivity contribution in [3.8, 4) is 11.1 Å². The van der Waals surface area contributed by atoms with Crippen molar-refractivity contribution in [3.05, 3.63) is 58.9 Å². The Morgan fingerprint density at radius 2 is 2.08 bits per heavy atom. The third-order valence-corrected chi connectivity index (χ3v) is 9.30. The lowest BCUT2D eigenvalue weighted by Crippen LogP contribution is -2.66. The van der Waals surface area contributed by atoms with Gasteiger partial charge in [0.25, 0.3) is 0 Å². The van der Waals surface area contributed by atoms with Gasteiger partial charge in [-0.2, -0.15) is 0 Å². The van der Waals surface area contributed by atoms with Crippen molar-refractivity contribution in [2.24, 2.45) is 11.7 Å². The predicted octanol–water partition coefficient (Wildman–Crippen LogP) is 4.38. The molecule has 3 aliphatic rings. The Bertz CT molecular complexity index is 1250. The van der Waals surface area contributed by atoms with Crippen LogP contribution < -0.4 is 11.1 Å². The fraction of sp³-hybridized carbons (Fsp3) is 0.548. The normalized spacial score (nSPS) is 27.7. The largest absolute Gasteiger partial charge is 0.453 e. The van der Waals surface area contributed by atoms with Gasteiger partial charge in [-0.25, -0.2) is 9.18 Å². The number of nitrogens with zero attached hydrogens (tertiary/aromatic N) is 1. The second-order valence-corrected chi connectivity index (χ2v) is 11.5. The summed E-state index contributed by atoms with van der Waals surface area (Å²) in [6, 6.07) is 11.2. The quantitative estimate of drug-likeness (QED) is 0.455. The van der Waals surface area contributed by atoms with E-state index in [0.29, 0.717) is 56.4 Å². The summed E-state index contributed by atoms with van der Waals surface area (Å²) in [7, 11) is 1.31. The number of hydrogen-bond donors (Lipinski definition) is 3. The van der Waals surface area contributed by atoms with Crippen molar-refractivity contribution >= 4 is 12.0 Å². The first-order valence-corrected chi connectivity index (χ1v) is 14.3. The average Bonchev–Trinajstić information content (AvgIpc) is 3.40. The molecule has 4 atom stereocenters. The molecule has 0 unspecified atom stereocenters. The fourth-order valence-corrected chi connectivity index (χ4v) is 7.31. The van der Waals surface area contributed by atoms with Crippen LogP contribution in [0.25, 0.3) is 11.1 Å². The van der Waals surface area contributed by atoms with Crippen molar-refractivity contribution in [2.45, 2.75) is 75.3 Å². The Morgan fingerprint density at radius 1 is 1.26 bits per heavy atom. The first-order valence-electron chi connectivity index (χ1n) is 14.3. The number of rotatable bonds is 7. The molecular weight excluding hydrogens is 497 g/mol. The molecule has 2 aliphatic carbocycles. The van der Waals surface area contributed by atoms with E-state index in [9.17, 15) is 14.7 Å². The number of nitrogens with two attached hydrogens (primary N) is 1. The molecule has 1 heterocycles. The van der Waals surface area contributed by atoms with Gasteiger partial charge in [-0.3, -0.25) is 4.79 Å². The first-order chi connectivity index (χ1) is 18.7. The summed E-state index contributed by atoms with van der Waals surface area (Å²) < 4.78 is 20.3. The van der Waals surface area contributed by atoms with Gasteiger partial charge in [0.1, 0.15) is 11.4 Å². The number of benzene rings is 2. The number of aliphatic hydroxyl groups is 1. The van der Waals surface area contributed by atoms with Crippen LogP contribution in [0, 0.1) is 11.7 Å². The molecule has 1 saturated carbocycles. The molecule has 1 aliphatic heterocycles. The first kappa shape index (κ1) is 27.6. The number of ether oxygens (including phenoxy) is 1. The van der Waals surface area contributed by atoms with Crippen molar-refractivity contribution in [1.29, 1.82) is 0 Å². The third kappa shape index (κ3) is 4.72. The van der Waals surface area contributed by atoms with Gasteiger partial charge < -0.3 is 25.8 Å². The number of likely N-dealkylation sites (tertiary alicyclic amines) is 1.